The van der Waals surface area contributed by atoms with Gasteiger partial charge in [-0.05, 0) is 40.8 Å². The molecule has 3 N–H and O–H groups in total. The molecular weight excluding hydrogens is 322 g/mol. The smallest absolute Gasteiger partial charge is 0.149 e. The Balaban J connectivity index is 2.23. The Morgan fingerprint density at radius 1 is 1.25 bits per heavy atom. The maximum atomic E-state index is 12.9. The molecule has 6 heteroatoms. The summed E-state index contributed by atoms with van der Waals surface area (Å²) in [6, 6.07) is 4.47. The Bertz CT molecular complexity index is 501. The molecule has 0 saturated heterocycles. The molecule has 0 atom stereocenters. The second kappa shape index (κ2) is 4.60. The van der Waals surface area contributed by atoms with Gasteiger partial charge in [0.25, 0.3) is 0 Å². The van der Waals surface area contributed by atoms with Gasteiger partial charge in [-0.15, -0.1) is 0 Å². The molecule has 1 aromatic carbocycles. The van der Waals surface area contributed by atoms with E-state index < -0.39 is 0 Å². The average molecular weight is 330 g/mol. The Kier molecular flexibility index (Phi) is 3.18. The van der Waals surface area contributed by atoms with Crippen LogP contribution in [0.4, 0.5) is 21.7 Å². The van der Waals surface area contributed by atoms with Crippen molar-refractivity contribution in [3.05, 3.63) is 40.0 Å². The highest BCUT2D eigenvalue weighted by Gasteiger charge is 2.02. The van der Waals surface area contributed by atoms with E-state index in [-0.39, 0.29) is 5.82 Å². The van der Waals surface area contributed by atoms with Gasteiger partial charge in [-0.25, -0.2) is 14.4 Å². The zero-order chi connectivity index (χ0) is 11.5. The molecule has 2 aromatic rings. The van der Waals surface area contributed by atoms with Gasteiger partial charge >= 0.3 is 0 Å². The average Bonchev–Trinajstić information content (AvgIpc) is 2.25. The third kappa shape index (κ3) is 2.57. The molecule has 0 radical (unpaired) electrons. The fraction of sp³-hybridized carbons (Fsp3) is 0. The molecule has 82 valence electrons. The Hall–Kier alpha value is -1.44. The Morgan fingerprint density at radius 3 is 2.69 bits per heavy atom. The lowest BCUT2D eigenvalue weighted by Gasteiger charge is -2.07. The number of hydrogen-bond donors (Lipinski definition) is 2. The predicted octanol–water partition coefficient (Wildman–Crippen LogP) is 2.55. The summed E-state index contributed by atoms with van der Waals surface area (Å²) in [7, 11) is 0. The molecule has 4 nitrogen and oxygen atoms in total. The normalized spacial score (nSPS) is 10.1. The van der Waals surface area contributed by atoms with Crippen LogP contribution < -0.4 is 11.1 Å². The minimum Gasteiger partial charge on any atom is -0.382 e. The number of anilines is 3. The van der Waals surface area contributed by atoms with Crippen LogP contribution in [0.5, 0.6) is 0 Å². The maximum Gasteiger partial charge on any atom is 0.149 e. The molecular formula is C10H8FIN4. The Morgan fingerprint density at radius 2 is 2.06 bits per heavy atom. The summed E-state index contributed by atoms with van der Waals surface area (Å²) in [5.74, 6) is 0.663. The summed E-state index contributed by atoms with van der Waals surface area (Å²) in [5, 5.41) is 3.02. The number of nitrogens with zero attached hydrogens (tertiary/aromatic N) is 2. The number of nitrogen functional groups attached to an aromatic ring is 1. The summed E-state index contributed by atoms with van der Waals surface area (Å²) in [6.45, 7) is 0. The molecule has 2 rings (SSSR count). The van der Waals surface area contributed by atoms with Crippen molar-refractivity contribution in [3.8, 4) is 0 Å². The van der Waals surface area contributed by atoms with Gasteiger partial charge in [-0.3, -0.25) is 0 Å². The van der Waals surface area contributed by atoms with E-state index in [9.17, 15) is 4.39 Å². The first kappa shape index (κ1) is 11.1. The van der Waals surface area contributed by atoms with E-state index in [1.54, 1.807) is 6.07 Å². The van der Waals surface area contributed by atoms with E-state index >= 15 is 0 Å². The van der Waals surface area contributed by atoms with Gasteiger partial charge in [-0.2, -0.15) is 0 Å². The van der Waals surface area contributed by atoms with E-state index in [1.807, 2.05) is 22.6 Å². The van der Waals surface area contributed by atoms with Gasteiger partial charge in [0.05, 0.1) is 18.1 Å². The van der Waals surface area contributed by atoms with Crippen LogP contribution in [0.3, 0.4) is 0 Å². The molecule has 0 amide bonds. The lowest BCUT2D eigenvalue weighted by molar-refractivity contribution is 0.627. The maximum absolute atomic E-state index is 12.9. The van der Waals surface area contributed by atoms with Crippen LogP contribution in [-0.4, -0.2) is 9.97 Å². The van der Waals surface area contributed by atoms with Crippen molar-refractivity contribution in [2.45, 2.75) is 0 Å². The molecule has 1 aromatic heterocycles. The molecule has 0 aliphatic carbocycles. The molecule has 0 fully saturated rings. The summed E-state index contributed by atoms with van der Waals surface area (Å²) >= 11 is 2.04. The molecule has 0 saturated carbocycles. The van der Waals surface area contributed by atoms with Crippen LogP contribution in [-0.2, 0) is 0 Å². The van der Waals surface area contributed by atoms with Crippen LogP contribution in [0.25, 0.3) is 0 Å². The van der Waals surface area contributed by atoms with Crippen molar-refractivity contribution in [1.29, 1.82) is 0 Å². The summed E-state index contributed by atoms with van der Waals surface area (Å²) in [4.78, 5) is 7.94. The van der Waals surface area contributed by atoms with Gasteiger partial charge in [0.2, 0.25) is 0 Å². The van der Waals surface area contributed by atoms with Crippen LogP contribution in [0.1, 0.15) is 0 Å². The first-order valence-corrected chi connectivity index (χ1v) is 5.52. The fourth-order valence-electron chi connectivity index (χ4n) is 1.13. The van der Waals surface area contributed by atoms with Crippen molar-refractivity contribution in [2.75, 3.05) is 11.1 Å². The number of halogens is 2. The van der Waals surface area contributed by atoms with E-state index in [4.69, 9.17) is 5.73 Å². The Labute approximate surface area is 105 Å². The van der Waals surface area contributed by atoms with Gasteiger partial charge < -0.3 is 11.1 Å². The number of benzene rings is 1. The molecule has 16 heavy (non-hydrogen) atoms. The van der Waals surface area contributed by atoms with Crippen LogP contribution in [0, 0.1) is 9.39 Å². The summed E-state index contributed by atoms with van der Waals surface area (Å²) < 4.78 is 13.6. The summed E-state index contributed by atoms with van der Waals surface area (Å²) in [6.07, 6.45) is 2.98. The number of rotatable bonds is 2. The van der Waals surface area contributed by atoms with E-state index in [0.717, 1.165) is 9.26 Å². The molecule has 0 spiro atoms. The second-order valence-corrected chi connectivity index (χ2v) is 4.24. The number of hydrogen-bond acceptors (Lipinski definition) is 4. The zero-order valence-electron chi connectivity index (χ0n) is 8.11. The standard InChI is InChI=1S/C10H8FIN4/c11-6-1-2-8(7(12)3-6)16-10-5-14-9(13)4-15-10/h1-5H,(H2,13,14)(H,15,16). The SMILES string of the molecule is Nc1cnc(Nc2ccc(F)cc2I)cn1. The van der Waals surface area contributed by atoms with Gasteiger partial charge in [0.1, 0.15) is 17.5 Å². The highest BCUT2D eigenvalue weighted by molar-refractivity contribution is 14.1. The van der Waals surface area contributed by atoms with E-state index in [2.05, 4.69) is 15.3 Å². The molecule has 0 aliphatic heterocycles. The predicted molar refractivity (Wildman–Crippen MR) is 68.8 cm³/mol. The van der Waals surface area contributed by atoms with Crippen molar-refractivity contribution in [2.24, 2.45) is 0 Å². The van der Waals surface area contributed by atoms with Crippen molar-refractivity contribution < 1.29 is 4.39 Å². The topological polar surface area (TPSA) is 63.8 Å². The quantitative estimate of drug-likeness (QED) is 0.831. The van der Waals surface area contributed by atoms with Crippen molar-refractivity contribution in [3.63, 3.8) is 0 Å². The van der Waals surface area contributed by atoms with Crippen LogP contribution >= 0.6 is 22.6 Å². The molecule has 0 unspecified atom stereocenters. The fourth-order valence-corrected chi connectivity index (χ4v) is 1.74. The van der Waals surface area contributed by atoms with E-state index in [1.165, 1.54) is 24.5 Å². The largest absolute Gasteiger partial charge is 0.382 e. The molecule has 0 aliphatic rings. The van der Waals surface area contributed by atoms with Gasteiger partial charge in [0, 0.05) is 3.57 Å². The monoisotopic (exact) mass is 330 g/mol. The summed E-state index contributed by atoms with van der Waals surface area (Å²) in [5.41, 5.74) is 6.20. The lowest BCUT2D eigenvalue weighted by atomic mass is 10.3. The number of nitrogens with one attached hydrogen (secondary N) is 1. The molecule has 1 heterocycles. The van der Waals surface area contributed by atoms with E-state index in [0.29, 0.717) is 11.6 Å². The second-order valence-electron chi connectivity index (χ2n) is 3.08. The number of aromatic nitrogens is 2. The minimum atomic E-state index is -0.265. The lowest BCUT2D eigenvalue weighted by Crippen LogP contribution is -1.98. The van der Waals surface area contributed by atoms with Crippen LogP contribution in [0.15, 0.2) is 30.6 Å². The van der Waals surface area contributed by atoms with Crippen LogP contribution in [0.2, 0.25) is 0 Å². The number of nitrogens with two attached hydrogens (primary N) is 1. The third-order valence-electron chi connectivity index (χ3n) is 1.87. The first-order chi connectivity index (χ1) is 7.65. The minimum absolute atomic E-state index is 0.265. The molecule has 0 bridgehead atoms. The highest BCUT2D eigenvalue weighted by atomic mass is 127. The first-order valence-electron chi connectivity index (χ1n) is 4.45. The van der Waals surface area contributed by atoms with Crippen molar-refractivity contribution >= 4 is 39.9 Å². The highest BCUT2D eigenvalue weighted by Crippen LogP contribution is 2.22. The third-order valence-corrected chi connectivity index (χ3v) is 2.76. The van der Waals surface area contributed by atoms with Crippen molar-refractivity contribution in [1.82, 2.24) is 9.97 Å². The van der Waals surface area contributed by atoms with Gasteiger partial charge in [-0.1, -0.05) is 0 Å². The zero-order valence-corrected chi connectivity index (χ0v) is 10.3. The van der Waals surface area contributed by atoms with Gasteiger partial charge in [0.15, 0.2) is 0 Å².